The van der Waals surface area contributed by atoms with Gasteiger partial charge in [-0.2, -0.15) is 5.10 Å². The van der Waals surface area contributed by atoms with Crippen LogP contribution in [0.15, 0.2) is 67.1 Å². The third-order valence-corrected chi connectivity index (χ3v) is 6.45. The van der Waals surface area contributed by atoms with Gasteiger partial charge in [0.05, 0.1) is 18.4 Å². The molecule has 0 unspecified atom stereocenters. The van der Waals surface area contributed by atoms with Crippen molar-refractivity contribution in [2.24, 2.45) is 0 Å². The number of esters is 1. The van der Waals surface area contributed by atoms with Crippen molar-refractivity contribution in [2.45, 2.75) is 52.7 Å². The number of anilines is 1. The Morgan fingerprint density at radius 1 is 1.10 bits per heavy atom. The SMILES string of the molecule is CCOC(=O)c1cccnc1NCc1cc(OC(C)C)cc(C2=CCCCc3ncc(-c4ccn[nH]4)cc32)c1. The Balaban J connectivity index is 1.51. The predicted molar refractivity (Wildman–Crippen MR) is 152 cm³/mol. The molecule has 3 heterocycles. The minimum atomic E-state index is -0.397. The number of carbonyl (C=O) groups excluding carboxylic acids is 1. The molecule has 0 atom stereocenters. The van der Waals surface area contributed by atoms with E-state index in [-0.39, 0.29) is 6.10 Å². The van der Waals surface area contributed by atoms with Gasteiger partial charge in [-0.15, -0.1) is 0 Å². The highest BCUT2D eigenvalue weighted by Gasteiger charge is 2.18. The van der Waals surface area contributed by atoms with E-state index in [1.54, 1.807) is 31.5 Å². The summed E-state index contributed by atoms with van der Waals surface area (Å²) in [7, 11) is 0. The zero-order chi connectivity index (χ0) is 27.2. The smallest absolute Gasteiger partial charge is 0.341 e. The fourth-order valence-corrected chi connectivity index (χ4v) is 4.75. The number of aryl methyl sites for hydroxylation is 1. The molecule has 0 amide bonds. The van der Waals surface area contributed by atoms with Crippen molar-refractivity contribution in [1.82, 2.24) is 20.2 Å². The predicted octanol–water partition coefficient (Wildman–Crippen LogP) is 6.21. The van der Waals surface area contributed by atoms with Crippen molar-refractivity contribution < 1.29 is 14.3 Å². The molecular formula is C31H33N5O3. The van der Waals surface area contributed by atoms with Gasteiger partial charge in [0.1, 0.15) is 17.1 Å². The number of nitrogens with one attached hydrogen (secondary N) is 2. The Kier molecular flexibility index (Phi) is 8.01. The van der Waals surface area contributed by atoms with Crippen LogP contribution in [0.2, 0.25) is 0 Å². The summed E-state index contributed by atoms with van der Waals surface area (Å²) in [5.41, 5.74) is 7.75. The van der Waals surface area contributed by atoms with Crippen molar-refractivity contribution in [3.05, 3.63) is 95.1 Å². The van der Waals surface area contributed by atoms with Crippen LogP contribution in [0.1, 0.15) is 66.4 Å². The average Bonchev–Trinajstić information content (AvgIpc) is 3.39. The molecule has 0 bridgehead atoms. The topological polar surface area (TPSA) is 102 Å². The Labute approximate surface area is 228 Å². The van der Waals surface area contributed by atoms with E-state index in [2.05, 4.69) is 44.8 Å². The summed E-state index contributed by atoms with van der Waals surface area (Å²) in [6.45, 7) is 6.59. The molecule has 1 aliphatic rings. The number of carbonyl (C=O) groups is 1. The number of hydrogen-bond acceptors (Lipinski definition) is 7. The second-order valence-electron chi connectivity index (χ2n) is 9.70. The number of pyridine rings is 2. The lowest BCUT2D eigenvalue weighted by Crippen LogP contribution is -2.12. The Morgan fingerprint density at radius 3 is 2.79 bits per heavy atom. The molecule has 0 saturated carbocycles. The van der Waals surface area contributed by atoms with Crippen molar-refractivity contribution in [1.29, 1.82) is 0 Å². The summed E-state index contributed by atoms with van der Waals surface area (Å²) in [4.78, 5) is 21.7. The lowest BCUT2D eigenvalue weighted by atomic mass is 9.93. The standard InChI is InChI=1S/C31H33N5O3/c1-4-38-31(37)26-9-7-12-32-30(26)34-18-21-14-22(16-24(15-21)39-20(2)3)25-8-5-6-10-29-27(25)17-23(19-33-29)28-11-13-35-36-28/h7-9,11-17,19-20H,4-6,10,18H2,1-3H3,(H,32,34)(H,35,36). The van der Waals surface area contributed by atoms with Gasteiger partial charge in [0.15, 0.2) is 0 Å². The Hall–Kier alpha value is -4.46. The summed E-state index contributed by atoms with van der Waals surface area (Å²) in [5.74, 6) is 0.877. The van der Waals surface area contributed by atoms with Crippen molar-refractivity contribution in [3.8, 4) is 17.0 Å². The number of allylic oxidation sites excluding steroid dienone is 1. The molecule has 1 aromatic carbocycles. The van der Waals surface area contributed by atoms with Gasteiger partial charge < -0.3 is 14.8 Å². The lowest BCUT2D eigenvalue weighted by Gasteiger charge is -2.17. The van der Waals surface area contributed by atoms with Crippen LogP contribution in [0.3, 0.4) is 0 Å². The third kappa shape index (κ3) is 6.17. The van der Waals surface area contributed by atoms with Crippen LogP contribution in [-0.4, -0.2) is 38.8 Å². The van der Waals surface area contributed by atoms with Gasteiger partial charge in [0.2, 0.25) is 0 Å². The number of nitrogens with zero attached hydrogens (tertiary/aromatic N) is 3. The first kappa shape index (κ1) is 26.2. The van der Waals surface area contributed by atoms with Crippen LogP contribution in [-0.2, 0) is 17.7 Å². The van der Waals surface area contributed by atoms with Gasteiger partial charge in [0, 0.05) is 42.0 Å². The minimum absolute atomic E-state index is 0.0244. The largest absolute Gasteiger partial charge is 0.491 e. The molecule has 4 aromatic rings. The molecule has 8 nitrogen and oxygen atoms in total. The van der Waals surface area contributed by atoms with Crippen LogP contribution >= 0.6 is 0 Å². The van der Waals surface area contributed by atoms with Crippen molar-refractivity contribution in [2.75, 3.05) is 11.9 Å². The summed E-state index contributed by atoms with van der Waals surface area (Å²) in [5, 5.41) is 10.5. The fourth-order valence-electron chi connectivity index (χ4n) is 4.75. The fraction of sp³-hybridized carbons (Fsp3) is 0.290. The summed E-state index contributed by atoms with van der Waals surface area (Å²) < 4.78 is 11.4. The van der Waals surface area contributed by atoms with Crippen LogP contribution in [0.5, 0.6) is 5.75 Å². The molecule has 2 N–H and O–H groups in total. The third-order valence-electron chi connectivity index (χ3n) is 6.45. The first-order chi connectivity index (χ1) is 19.0. The lowest BCUT2D eigenvalue weighted by molar-refractivity contribution is 0.0527. The van der Waals surface area contributed by atoms with E-state index in [0.29, 0.717) is 24.5 Å². The van der Waals surface area contributed by atoms with E-state index in [0.717, 1.165) is 64.2 Å². The van der Waals surface area contributed by atoms with E-state index in [4.69, 9.17) is 14.5 Å². The molecule has 8 heteroatoms. The van der Waals surface area contributed by atoms with Gasteiger partial charge in [-0.25, -0.2) is 9.78 Å². The highest BCUT2D eigenvalue weighted by Crippen LogP contribution is 2.35. The quantitative estimate of drug-likeness (QED) is 0.251. The number of ether oxygens (including phenoxy) is 2. The summed E-state index contributed by atoms with van der Waals surface area (Å²) in [6.07, 6.45) is 10.6. The van der Waals surface area contributed by atoms with E-state index in [1.165, 1.54) is 0 Å². The first-order valence-electron chi connectivity index (χ1n) is 13.4. The number of benzene rings is 1. The maximum Gasteiger partial charge on any atom is 0.341 e. The highest BCUT2D eigenvalue weighted by molar-refractivity contribution is 5.94. The van der Waals surface area contributed by atoms with Gasteiger partial charge in [0.25, 0.3) is 0 Å². The molecular weight excluding hydrogens is 490 g/mol. The number of hydrogen-bond donors (Lipinski definition) is 2. The number of rotatable bonds is 9. The first-order valence-corrected chi connectivity index (χ1v) is 13.4. The normalized spacial score (nSPS) is 12.9. The van der Waals surface area contributed by atoms with Gasteiger partial charge >= 0.3 is 5.97 Å². The van der Waals surface area contributed by atoms with Crippen LogP contribution < -0.4 is 10.1 Å². The van der Waals surface area contributed by atoms with E-state index >= 15 is 0 Å². The number of H-pyrrole nitrogens is 1. The molecule has 0 saturated heterocycles. The molecule has 1 aliphatic carbocycles. The van der Waals surface area contributed by atoms with E-state index < -0.39 is 5.97 Å². The van der Waals surface area contributed by atoms with Gasteiger partial charge in [-0.3, -0.25) is 10.1 Å². The molecule has 200 valence electrons. The van der Waals surface area contributed by atoms with E-state index in [9.17, 15) is 4.79 Å². The van der Waals surface area contributed by atoms with Crippen LogP contribution in [0, 0.1) is 0 Å². The van der Waals surface area contributed by atoms with Gasteiger partial charge in [-0.05, 0) is 99.2 Å². The molecule has 3 aromatic heterocycles. The molecule has 5 rings (SSSR count). The average molecular weight is 524 g/mol. The second-order valence-corrected chi connectivity index (χ2v) is 9.70. The molecule has 0 aliphatic heterocycles. The van der Waals surface area contributed by atoms with Crippen LogP contribution in [0.4, 0.5) is 5.82 Å². The maximum absolute atomic E-state index is 12.4. The Bertz CT molecular complexity index is 1480. The number of aromatic amines is 1. The summed E-state index contributed by atoms with van der Waals surface area (Å²) >= 11 is 0. The molecule has 0 spiro atoms. The van der Waals surface area contributed by atoms with Gasteiger partial charge in [-0.1, -0.05) is 6.08 Å². The minimum Gasteiger partial charge on any atom is -0.491 e. The number of fused-ring (bicyclic) bond motifs is 1. The zero-order valence-corrected chi connectivity index (χ0v) is 22.5. The van der Waals surface area contributed by atoms with Crippen molar-refractivity contribution >= 4 is 17.4 Å². The van der Waals surface area contributed by atoms with Crippen molar-refractivity contribution in [3.63, 3.8) is 0 Å². The molecule has 39 heavy (non-hydrogen) atoms. The Morgan fingerprint density at radius 2 is 2.00 bits per heavy atom. The number of aromatic nitrogens is 4. The molecule has 0 radical (unpaired) electrons. The molecule has 0 fully saturated rings. The van der Waals surface area contributed by atoms with E-state index in [1.807, 2.05) is 32.2 Å². The van der Waals surface area contributed by atoms with Crippen LogP contribution in [0.25, 0.3) is 16.8 Å². The monoisotopic (exact) mass is 523 g/mol. The maximum atomic E-state index is 12.4. The summed E-state index contributed by atoms with van der Waals surface area (Å²) in [6, 6.07) is 13.9. The zero-order valence-electron chi connectivity index (χ0n) is 22.5. The highest BCUT2D eigenvalue weighted by atomic mass is 16.5. The second kappa shape index (κ2) is 11.9.